The van der Waals surface area contributed by atoms with Crippen LogP contribution in [0, 0.1) is 5.92 Å². The predicted molar refractivity (Wildman–Crippen MR) is 82.5 cm³/mol. The maximum atomic E-state index is 12.1. The molecule has 3 amide bonds. The maximum Gasteiger partial charge on any atom is 0.317 e. The zero-order valence-electron chi connectivity index (χ0n) is 12.9. The Morgan fingerprint density at radius 2 is 2.18 bits per heavy atom. The van der Waals surface area contributed by atoms with Gasteiger partial charge in [0.2, 0.25) is 5.91 Å². The molecule has 2 aliphatic rings. The van der Waals surface area contributed by atoms with Crippen LogP contribution in [-0.2, 0) is 4.79 Å². The number of anilines is 1. The molecule has 22 heavy (non-hydrogen) atoms. The average molecular weight is 305 g/mol. The molecular formula is C15H23N5O2. The van der Waals surface area contributed by atoms with Gasteiger partial charge in [0.25, 0.3) is 0 Å². The number of hydrogen-bond acceptors (Lipinski definition) is 3. The van der Waals surface area contributed by atoms with E-state index in [1.165, 1.54) is 19.8 Å². The molecule has 7 nitrogen and oxygen atoms in total. The van der Waals surface area contributed by atoms with Gasteiger partial charge in [0.05, 0.1) is 6.04 Å². The second kappa shape index (κ2) is 6.37. The molecule has 0 bridgehead atoms. The van der Waals surface area contributed by atoms with Crippen LogP contribution in [0.25, 0.3) is 0 Å². The first-order valence-electron chi connectivity index (χ1n) is 7.97. The minimum atomic E-state index is -0.131. The quantitative estimate of drug-likeness (QED) is 0.867. The van der Waals surface area contributed by atoms with Crippen molar-refractivity contribution in [2.24, 2.45) is 5.92 Å². The number of amides is 3. The summed E-state index contributed by atoms with van der Waals surface area (Å²) in [4.78, 5) is 25.0. The molecule has 7 heteroatoms. The van der Waals surface area contributed by atoms with Crippen LogP contribution < -0.4 is 10.6 Å². The lowest BCUT2D eigenvalue weighted by Gasteiger charge is -2.17. The molecule has 1 saturated carbocycles. The molecule has 0 spiro atoms. The summed E-state index contributed by atoms with van der Waals surface area (Å²) in [6.07, 6.45) is 6.47. The van der Waals surface area contributed by atoms with E-state index in [0.717, 1.165) is 31.8 Å². The summed E-state index contributed by atoms with van der Waals surface area (Å²) in [6.45, 7) is 3.65. The van der Waals surface area contributed by atoms with E-state index >= 15 is 0 Å². The van der Waals surface area contributed by atoms with Gasteiger partial charge in [0, 0.05) is 38.8 Å². The van der Waals surface area contributed by atoms with Gasteiger partial charge in [-0.25, -0.2) is 4.79 Å². The Morgan fingerprint density at radius 3 is 2.91 bits per heavy atom. The van der Waals surface area contributed by atoms with Gasteiger partial charge in [0.1, 0.15) is 0 Å². The van der Waals surface area contributed by atoms with Crippen LogP contribution in [0.1, 0.15) is 38.6 Å². The second-order valence-corrected chi connectivity index (χ2v) is 6.21. The van der Waals surface area contributed by atoms with Gasteiger partial charge >= 0.3 is 6.03 Å². The fourth-order valence-electron chi connectivity index (χ4n) is 2.83. The van der Waals surface area contributed by atoms with Crippen molar-refractivity contribution in [1.29, 1.82) is 0 Å². The van der Waals surface area contributed by atoms with E-state index in [2.05, 4.69) is 15.7 Å². The van der Waals surface area contributed by atoms with Crippen molar-refractivity contribution in [2.75, 3.05) is 25.0 Å². The van der Waals surface area contributed by atoms with Gasteiger partial charge in [-0.1, -0.05) is 12.8 Å². The number of nitrogens with one attached hydrogen (secondary N) is 2. The van der Waals surface area contributed by atoms with Crippen molar-refractivity contribution < 1.29 is 9.59 Å². The van der Waals surface area contributed by atoms with Crippen molar-refractivity contribution in [2.45, 2.75) is 38.6 Å². The molecule has 1 atom stereocenters. The van der Waals surface area contributed by atoms with Crippen molar-refractivity contribution in [3.05, 3.63) is 12.3 Å². The molecule has 1 unspecified atom stereocenters. The molecule has 0 radical (unpaired) electrons. The van der Waals surface area contributed by atoms with Gasteiger partial charge in [-0.2, -0.15) is 5.10 Å². The Balaban J connectivity index is 1.47. The first-order chi connectivity index (χ1) is 10.6. The number of urea groups is 1. The predicted octanol–water partition coefficient (Wildman–Crippen LogP) is 1.60. The van der Waals surface area contributed by atoms with E-state index < -0.39 is 0 Å². The van der Waals surface area contributed by atoms with Gasteiger partial charge < -0.3 is 15.5 Å². The normalized spacial score (nSPS) is 21.0. The fraction of sp³-hybridized carbons (Fsp3) is 0.667. The molecule has 2 fully saturated rings. The molecule has 1 aliphatic heterocycles. The average Bonchev–Trinajstić information content (AvgIpc) is 2.99. The van der Waals surface area contributed by atoms with E-state index in [4.69, 9.17) is 0 Å². The number of hydrogen-bond donors (Lipinski definition) is 2. The summed E-state index contributed by atoms with van der Waals surface area (Å²) in [5, 5.41) is 10.0. The van der Waals surface area contributed by atoms with Crippen molar-refractivity contribution in [1.82, 2.24) is 20.0 Å². The van der Waals surface area contributed by atoms with E-state index in [0.29, 0.717) is 12.4 Å². The van der Waals surface area contributed by atoms with Crippen molar-refractivity contribution >= 4 is 17.8 Å². The molecule has 2 N–H and O–H groups in total. The zero-order valence-corrected chi connectivity index (χ0v) is 12.9. The molecule has 1 saturated heterocycles. The Labute approximate surface area is 130 Å². The molecule has 120 valence electrons. The maximum absolute atomic E-state index is 12.1. The summed E-state index contributed by atoms with van der Waals surface area (Å²) >= 11 is 0. The van der Waals surface area contributed by atoms with Gasteiger partial charge in [-0.05, 0) is 18.8 Å². The molecule has 0 aromatic carbocycles. The van der Waals surface area contributed by atoms with Crippen LogP contribution in [0.15, 0.2) is 12.3 Å². The molecule has 1 aromatic heterocycles. The van der Waals surface area contributed by atoms with Crippen molar-refractivity contribution in [3.63, 3.8) is 0 Å². The minimum Gasteiger partial charge on any atom is -0.338 e. The highest BCUT2D eigenvalue weighted by Crippen LogP contribution is 2.31. The van der Waals surface area contributed by atoms with Crippen LogP contribution in [0.5, 0.6) is 0 Å². The second-order valence-electron chi connectivity index (χ2n) is 6.21. The number of carbonyl (C=O) groups is 2. The van der Waals surface area contributed by atoms with Crippen LogP contribution in [-0.4, -0.2) is 46.3 Å². The van der Waals surface area contributed by atoms with Gasteiger partial charge in [-0.15, -0.1) is 0 Å². The third kappa shape index (κ3) is 3.78. The number of carbonyl (C=O) groups excluding carboxylic acids is 2. The SMILES string of the molecule is CC(=O)Nc1ccn(C2CCN(C(=O)NCCC3CC3)C2)n1. The number of aromatic nitrogens is 2. The molecule has 3 rings (SSSR count). The number of nitrogens with zero attached hydrogens (tertiary/aromatic N) is 3. The summed E-state index contributed by atoms with van der Waals surface area (Å²) in [5.74, 6) is 1.26. The largest absolute Gasteiger partial charge is 0.338 e. The Bertz CT molecular complexity index is 552. The van der Waals surface area contributed by atoms with Crippen LogP contribution in [0.2, 0.25) is 0 Å². The lowest BCUT2D eigenvalue weighted by Crippen LogP contribution is -2.39. The zero-order chi connectivity index (χ0) is 15.5. The van der Waals surface area contributed by atoms with E-state index in [1.54, 1.807) is 6.07 Å². The van der Waals surface area contributed by atoms with E-state index in [9.17, 15) is 9.59 Å². The van der Waals surface area contributed by atoms with Gasteiger partial charge in [0.15, 0.2) is 5.82 Å². The van der Waals surface area contributed by atoms with E-state index in [-0.39, 0.29) is 18.0 Å². The summed E-state index contributed by atoms with van der Waals surface area (Å²) in [6, 6.07) is 1.98. The lowest BCUT2D eigenvalue weighted by atomic mass is 10.3. The highest BCUT2D eigenvalue weighted by molar-refractivity contribution is 5.87. The lowest BCUT2D eigenvalue weighted by molar-refractivity contribution is -0.114. The van der Waals surface area contributed by atoms with Crippen LogP contribution in [0.3, 0.4) is 0 Å². The van der Waals surface area contributed by atoms with E-state index in [1.807, 2.05) is 15.8 Å². The first-order valence-corrected chi connectivity index (χ1v) is 7.97. The molecule has 1 aromatic rings. The van der Waals surface area contributed by atoms with Crippen LogP contribution >= 0.6 is 0 Å². The fourth-order valence-corrected chi connectivity index (χ4v) is 2.83. The number of rotatable bonds is 5. The third-order valence-corrected chi connectivity index (χ3v) is 4.26. The minimum absolute atomic E-state index is 0.0254. The highest BCUT2D eigenvalue weighted by atomic mass is 16.2. The van der Waals surface area contributed by atoms with Crippen molar-refractivity contribution in [3.8, 4) is 0 Å². The Hall–Kier alpha value is -2.05. The standard InChI is InChI=1S/C15H23N5O2/c1-11(21)17-14-6-9-20(18-14)13-5-8-19(10-13)15(22)16-7-4-12-2-3-12/h6,9,12-13H,2-5,7-8,10H2,1H3,(H,16,22)(H,17,18,21). The Kier molecular flexibility index (Phi) is 4.31. The summed E-state index contributed by atoms with van der Waals surface area (Å²) in [7, 11) is 0. The highest BCUT2D eigenvalue weighted by Gasteiger charge is 2.28. The molecule has 1 aliphatic carbocycles. The topological polar surface area (TPSA) is 79.3 Å². The van der Waals surface area contributed by atoms with Gasteiger partial charge in [-0.3, -0.25) is 9.48 Å². The molecular weight excluding hydrogens is 282 g/mol. The first kappa shape index (κ1) is 14.9. The summed E-state index contributed by atoms with van der Waals surface area (Å²) in [5.41, 5.74) is 0. The number of likely N-dealkylation sites (tertiary alicyclic amines) is 1. The summed E-state index contributed by atoms with van der Waals surface area (Å²) < 4.78 is 1.84. The Morgan fingerprint density at radius 1 is 1.36 bits per heavy atom. The third-order valence-electron chi connectivity index (χ3n) is 4.26. The smallest absolute Gasteiger partial charge is 0.317 e. The molecule has 2 heterocycles. The van der Waals surface area contributed by atoms with Crippen LogP contribution in [0.4, 0.5) is 10.6 Å². The monoisotopic (exact) mass is 305 g/mol.